The second kappa shape index (κ2) is 45.8. The summed E-state index contributed by atoms with van der Waals surface area (Å²) in [5.74, 6) is -0.280. The van der Waals surface area contributed by atoms with Crippen molar-refractivity contribution in [2.45, 2.75) is 295 Å². The first-order valence-corrected chi connectivity index (χ1v) is 25.0. The van der Waals surface area contributed by atoms with Crippen molar-refractivity contribution in [1.82, 2.24) is 5.32 Å². The molecule has 0 aromatic carbocycles. The maximum Gasteiger partial charge on any atom is 0.222 e. The van der Waals surface area contributed by atoms with Crippen LogP contribution in [0.3, 0.4) is 0 Å². The average Bonchev–Trinajstić information content (AvgIpc) is 3.18. The van der Waals surface area contributed by atoms with Crippen molar-refractivity contribution < 1.29 is 20.1 Å². The Morgan fingerprint density at radius 3 is 1.05 bits per heavy atom. The highest BCUT2D eigenvalue weighted by atomic mass is 16.3. The highest BCUT2D eigenvalue weighted by Gasteiger charge is 2.21. The summed E-state index contributed by atoms with van der Waals surface area (Å²) in [6, 6.07) is -0.655. The zero-order chi connectivity index (χ0) is 40.1. The fraction of sp³-hybridized carbons (Fsp3) is 0.940. The molecule has 4 N–H and O–H groups in total. The molecule has 3 unspecified atom stereocenters. The lowest BCUT2D eigenvalue weighted by molar-refractivity contribution is -0.125. The Labute approximate surface area is 344 Å². The molecule has 0 saturated heterocycles. The van der Waals surface area contributed by atoms with Gasteiger partial charge in [-0.15, -0.1) is 0 Å². The normalized spacial score (nSPS) is 13.5. The lowest BCUT2D eigenvalue weighted by atomic mass is 10.0. The summed E-state index contributed by atoms with van der Waals surface area (Å²) in [5, 5.41) is 33.4. The number of hydrogen-bond donors (Lipinski definition) is 4. The quantitative estimate of drug-likeness (QED) is 0.0366. The van der Waals surface area contributed by atoms with Crippen molar-refractivity contribution in [3.05, 3.63) is 12.2 Å². The van der Waals surface area contributed by atoms with Crippen LogP contribution in [0.4, 0.5) is 0 Å². The minimum Gasteiger partial charge on any atom is -0.394 e. The van der Waals surface area contributed by atoms with Crippen LogP contribution in [-0.2, 0) is 4.79 Å². The van der Waals surface area contributed by atoms with Crippen molar-refractivity contribution in [1.29, 1.82) is 0 Å². The summed E-state index contributed by atoms with van der Waals surface area (Å²) >= 11 is 0. The topological polar surface area (TPSA) is 89.8 Å². The molecule has 55 heavy (non-hydrogen) atoms. The number of allylic oxidation sites excluding steroid dienone is 2. The zero-order valence-corrected chi connectivity index (χ0v) is 37.3. The molecule has 1 amide bonds. The van der Waals surface area contributed by atoms with Crippen LogP contribution in [0.5, 0.6) is 0 Å². The number of carbonyl (C=O) groups is 1. The predicted octanol–water partition coefficient (Wildman–Crippen LogP) is 14.8. The largest absolute Gasteiger partial charge is 0.394 e. The lowest BCUT2D eigenvalue weighted by Crippen LogP contribution is -2.46. The number of aliphatic hydroxyl groups excluding tert-OH is 3. The molecule has 5 nitrogen and oxygen atoms in total. The second-order valence-electron chi connectivity index (χ2n) is 17.4. The molecule has 0 fully saturated rings. The van der Waals surface area contributed by atoms with E-state index >= 15 is 0 Å². The van der Waals surface area contributed by atoms with Crippen LogP contribution in [0.25, 0.3) is 0 Å². The number of rotatable bonds is 46. The van der Waals surface area contributed by atoms with E-state index in [1.807, 2.05) is 0 Å². The minimum atomic E-state index is -0.746. The van der Waals surface area contributed by atoms with Crippen molar-refractivity contribution in [2.24, 2.45) is 0 Å². The third-order valence-corrected chi connectivity index (χ3v) is 11.8. The molecule has 0 spiro atoms. The van der Waals surface area contributed by atoms with Gasteiger partial charge in [-0.2, -0.15) is 0 Å². The number of amides is 1. The van der Waals surface area contributed by atoms with Gasteiger partial charge in [0, 0.05) is 0 Å². The first kappa shape index (κ1) is 54.1. The van der Waals surface area contributed by atoms with Crippen molar-refractivity contribution in [3.63, 3.8) is 0 Å². The van der Waals surface area contributed by atoms with Crippen LogP contribution in [0.1, 0.15) is 277 Å². The van der Waals surface area contributed by atoms with Gasteiger partial charge in [0.2, 0.25) is 5.91 Å². The molecule has 0 aliphatic heterocycles. The van der Waals surface area contributed by atoms with Gasteiger partial charge < -0.3 is 20.6 Å². The second-order valence-corrected chi connectivity index (χ2v) is 17.4. The third kappa shape index (κ3) is 42.5. The van der Waals surface area contributed by atoms with Gasteiger partial charge in [0.15, 0.2) is 0 Å². The highest BCUT2D eigenvalue weighted by molar-refractivity contribution is 5.76. The maximum absolute atomic E-state index is 12.5. The molecule has 3 atom stereocenters. The fourth-order valence-corrected chi connectivity index (χ4v) is 7.99. The van der Waals surface area contributed by atoms with Gasteiger partial charge in [0.05, 0.1) is 31.3 Å². The first-order chi connectivity index (χ1) is 27.0. The van der Waals surface area contributed by atoms with E-state index in [4.69, 9.17) is 0 Å². The molecule has 0 aliphatic carbocycles. The summed E-state index contributed by atoms with van der Waals surface area (Å²) < 4.78 is 0. The molecule has 0 heterocycles. The Kier molecular flexibility index (Phi) is 45.0. The SMILES string of the molecule is CCCCCCCCCCCCCC/C=C\CCCCCCCCCCCCCC(O)CC(=O)NC(CO)C(O)CCCCCCCCCCCCCCC. The number of hydrogen-bond acceptors (Lipinski definition) is 4. The van der Waals surface area contributed by atoms with Gasteiger partial charge in [0.1, 0.15) is 0 Å². The fourth-order valence-electron chi connectivity index (χ4n) is 7.99. The van der Waals surface area contributed by atoms with Crippen LogP contribution >= 0.6 is 0 Å². The molecule has 0 aliphatic rings. The van der Waals surface area contributed by atoms with Gasteiger partial charge in [-0.1, -0.05) is 244 Å². The summed E-state index contributed by atoms with van der Waals surface area (Å²) in [4.78, 5) is 12.5. The minimum absolute atomic E-state index is 0.0394. The number of nitrogens with one attached hydrogen (secondary N) is 1. The number of carbonyl (C=O) groups excluding carboxylic acids is 1. The van der Waals surface area contributed by atoms with E-state index in [2.05, 4.69) is 31.3 Å². The van der Waals surface area contributed by atoms with E-state index in [1.54, 1.807) is 0 Å². The standard InChI is InChI=1S/C50H99NO4/c1-3-5-7-9-11-13-15-17-18-19-20-21-22-23-24-25-26-27-28-29-30-32-33-35-37-39-41-43-47(53)45-50(55)51-48(46-52)49(54)44-42-40-38-36-34-31-16-14-12-10-8-6-4-2/h23-24,47-49,52-54H,3-22,25-46H2,1-2H3,(H,51,55)/b24-23-. The van der Waals surface area contributed by atoms with E-state index in [9.17, 15) is 20.1 Å². The molecule has 0 aromatic heterocycles. The van der Waals surface area contributed by atoms with Crippen LogP contribution in [0, 0.1) is 0 Å². The number of unbranched alkanes of at least 4 members (excludes halogenated alkanes) is 35. The smallest absolute Gasteiger partial charge is 0.222 e. The Hall–Kier alpha value is -0.910. The third-order valence-electron chi connectivity index (χ3n) is 11.8. The van der Waals surface area contributed by atoms with Gasteiger partial charge in [-0.25, -0.2) is 0 Å². The van der Waals surface area contributed by atoms with Gasteiger partial charge in [-0.05, 0) is 38.5 Å². The Bertz CT molecular complexity index is 773. The van der Waals surface area contributed by atoms with E-state index in [0.717, 1.165) is 25.7 Å². The van der Waals surface area contributed by atoms with E-state index in [0.29, 0.717) is 12.8 Å². The first-order valence-electron chi connectivity index (χ1n) is 25.0. The Morgan fingerprint density at radius 1 is 0.436 bits per heavy atom. The molecule has 5 heteroatoms. The van der Waals surface area contributed by atoms with Crippen LogP contribution < -0.4 is 5.32 Å². The molecule has 0 rings (SSSR count). The summed E-state index contributed by atoms with van der Waals surface area (Å²) in [6.45, 7) is 4.28. The van der Waals surface area contributed by atoms with Crippen LogP contribution in [0.15, 0.2) is 12.2 Å². The zero-order valence-electron chi connectivity index (χ0n) is 37.3. The number of aliphatic hydroxyl groups is 3. The van der Waals surface area contributed by atoms with Crippen LogP contribution in [-0.4, -0.2) is 46.1 Å². The van der Waals surface area contributed by atoms with E-state index < -0.39 is 18.2 Å². The molecule has 0 aromatic rings. The average molecular weight is 778 g/mol. The molecule has 0 radical (unpaired) electrons. The summed E-state index contributed by atoms with van der Waals surface area (Å²) in [5.41, 5.74) is 0. The molecular weight excluding hydrogens is 679 g/mol. The van der Waals surface area contributed by atoms with Gasteiger partial charge >= 0.3 is 0 Å². The van der Waals surface area contributed by atoms with Crippen molar-refractivity contribution in [2.75, 3.05) is 6.61 Å². The van der Waals surface area contributed by atoms with Crippen LogP contribution in [0.2, 0.25) is 0 Å². The van der Waals surface area contributed by atoms with E-state index in [1.165, 1.54) is 218 Å². The predicted molar refractivity (Wildman–Crippen MR) is 241 cm³/mol. The molecule has 328 valence electrons. The lowest BCUT2D eigenvalue weighted by Gasteiger charge is -2.23. The van der Waals surface area contributed by atoms with E-state index in [-0.39, 0.29) is 18.9 Å². The monoisotopic (exact) mass is 778 g/mol. The van der Waals surface area contributed by atoms with Crippen molar-refractivity contribution >= 4 is 5.91 Å². The molecule has 0 saturated carbocycles. The molecular formula is C50H99NO4. The van der Waals surface area contributed by atoms with Crippen molar-refractivity contribution in [3.8, 4) is 0 Å². The summed E-state index contributed by atoms with van der Waals surface area (Å²) in [6.07, 6.45) is 54.9. The Balaban J connectivity index is 3.51. The summed E-state index contributed by atoms with van der Waals surface area (Å²) in [7, 11) is 0. The Morgan fingerprint density at radius 2 is 0.727 bits per heavy atom. The molecule has 0 bridgehead atoms. The highest BCUT2D eigenvalue weighted by Crippen LogP contribution is 2.17. The maximum atomic E-state index is 12.5. The van der Waals surface area contributed by atoms with Gasteiger partial charge in [-0.3, -0.25) is 4.79 Å². The van der Waals surface area contributed by atoms with Gasteiger partial charge in [0.25, 0.3) is 0 Å².